The second kappa shape index (κ2) is 8.53. The minimum absolute atomic E-state index is 0.103. The van der Waals surface area contributed by atoms with Gasteiger partial charge >= 0.3 is 0 Å². The van der Waals surface area contributed by atoms with Crippen LogP contribution in [-0.2, 0) is 19.5 Å². The van der Waals surface area contributed by atoms with Crippen molar-refractivity contribution in [3.05, 3.63) is 99.9 Å². The Morgan fingerprint density at radius 3 is 2.78 bits per heavy atom. The molecule has 0 atom stereocenters. The molecule has 4 aromatic rings. The zero-order valence-corrected chi connectivity index (χ0v) is 17.3. The van der Waals surface area contributed by atoms with Crippen molar-refractivity contribution in [1.82, 2.24) is 24.8 Å². The summed E-state index contributed by atoms with van der Waals surface area (Å²) in [4.78, 5) is 31.5. The largest absolute Gasteiger partial charge is 0.306 e. The lowest BCUT2D eigenvalue weighted by molar-refractivity contribution is 0.239. The van der Waals surface area contributed by atoms with Crippen molar-refractivity contribution in [2.24, 2.45) is 0 Å². The molecule has 7 nitrogen and oxygen atoms in total. The molecule has 7 heteroatoms. The van der Waals surface area contributed by atoms with Gasteiger partial charge < -0.3 is 4.98 Å². The number of hydrogen-bond acceptors (Lipinski definition) is 6. The van der Waals surface area contributed by atoms with Crippen LogP contribution in [0.1, 0.15) is 22.5 Å². The highest BCUT2D eigenvalue weighted by Gasteiger charge is 2.22. The van der Waals surface area contributed by atoms with Gasteiger partial charge in [0.2, 0.25) is 0 Å². The summed E-state index contributed by atoms with van der Waals surface area (Å²) in [7, 11) is 0. The number of fused-ring (bicyclic) bond motifs is 1. The molecule has 0 saturated carbocycles. The molecule has 4 heterocycles. The fourth-order valence-corrected chi connectivity index (χ4v) is 3.96. The van der Waals surface area contributed by atoms with E-state index < -0.39 is 0 Å². The maximum atomic E-state index is 12.8. The number of rotatable bonds is 4. The fourth-order valence-electron chi connectivity index (χ4n) is 3.96. The smallest absolute Gasteiger partial charge is 0.255 e. The molecular formula is C25H20N6O. The summed E-state index contributed by atoms with van der Waals surface area (Å²) in [5, 5.41) is 9.15. The quantitative estimate of drug-likeness (QED) is 0.544. The van der Waals surface area contributed by atoms with E-state index in [9.17, 15) is 4.79 Å². The van der Waals surface area contributed by atoms with Crippen LogP contribution in [0.5, 0.6) is 0 Å². The van der Waals surface area contributed by atoms with Crippen molar-refractivity contribution in [1.29, 1.82) is 5.26 Å². The van der Waals surface area contributed by atoms with E-state index in [0.29, 0.717) is 36.5 Å². The summed E-state index contributed by atoms with van der Waals surface area (Å²) in [6.45, 7) is 1.96. The molecule has 1 aromatic carbocycles. The average molecular weight is 420 g/mol. The number of benzene rings is 1. The number of pyridine rings is 2. The average Bonchev–Trinajstić information content (AvgIpc) is 2.85. The Kier molecular flexibility index (Phi) is 5.28. The predicted molar refractivity (Wildman–Crippen MR) is 120 cm³/mol. The standard InChI is InChI=1S/C25H20N6O/c26-13-17-4-1-5-18(12-17)22-8-2-7-20(28-22)15-31-11-9-23-21(16-31)25(32)30-24(29-23)19-6-3-10-27-14-19/h1-8,10,12,14H,9,11,15-16H2,(H,29,30,32). The third-order valence-electron chi connectivity index (χ3n) is 5.56. The molecule has 0 bridgehead atoms. The van der Waals surface area contributed by atoms with Crippen LogP contribution in [0.2, 0.25) is 0 Å². The fraction of sp³-hybridized carbons (Fsp3) is 0.160. The van der Waals surface area contributed by atoms with Gasteiger partial charge in [-0.25, -0.2) is 4.98 Å². The van der Waals surface area contributed by atoms with Crippen molar-refractivity contribution < 1.29 is 0 Å². The van der Waals surface area contributed by atoms with Crippen LogP contribution >= 0.6 is 0 Å². The van der Waals surface area contributed by atoms with E-state index in [-0.39, 0.29) is 5.56 Å². The van der Waals surface area contributed by atoms with Crippen LogP contribution in [0, 0.1) is 11.3 Å². The van der Waals surface area contributed by atoms with Crippen molar-refractivity contribution in [3.63, 3.8) is 0 Å². The Bertz CT molecular complexity index is 1370. The van der Waals surface area contributed by atoms with Gasteiger partial charge in [0.25, 0.3) is 5.56 Å². The van der Waals surface area contributed by atoms with E-state index in [4.69, 9.17) is 15.2 Å². The molecule has 0 spiro atoms. The number of nitrogens with one attached hydrogen (secondary N) is 1. The first-order chi connectivity index (χ1) is 15.7. The summed E-state index contributed by atoms with van der Waals surface area (Å²) in [5.74, 6) is 0.560. The normalized spacial score (nSPS) is 13.3. The van der Waals surface area contributed by atoms with Crippen molar-refractivity contribution in [2.75, 3.05) is 6.54 Å². The van der Waals surface area contributed by atoms with Crippen LogP contribution in [0.4, 0.5) is 0 Å². The molecule has 1 aliphatic heterocycles. The molecule has 0 unspecified atom stereocenters. The van der Waals surface area contributed by atoms with Gasteiger partial charge in [0.1, 0.15) is 5.82 Å². The topological polar surface area (TPSA) is 98.6 Å². The Morgan fingerprint density at radius 2 is 1.94 bits per heavy atom. The Labute approximate surface area is 185 Å². The highest BCUT2D eigenvalue weighted by molar-refractivity contribution is 5.61. The molecule has 0 saturated heterocycles. The van der Waals surface area contributed by atoms with Crippen LogP contribution in [0.3, 0.4) is 0 Å². The lowest BCUT2D eigenvalue weighted by Gasteiger charge is -2.27. The second-order valence-corrected chi connectivity index (χ2v) is 7.75. The Morgan fingerprint density at radius 1 is 1.06 bits per heavy atom. The Balaban J connectivity index is 1.36. The van der Waals surface area contributed by atoms with Gasteiger partial charge in [-0.15, -0.1) is 0 Å². The van der Waals surface area contributed by atoms with Crippen molar-refractivity contribution in [2.45, 2.75) is 19.5 Å². The summed E-state index contributed by atoms with van der Waals surface area (Å²) in [6.07, 6.45) is 4.10. The van der Waals surface area contributed by atoms with E-state index in [1.165, 1.54) is 0 Å². The molecule has 156 valence electrons. The van der Waals surface area contributed by atoms with Crippen molar-refractivity contribution in [3.8, 4) is 28.7 Å². The zero-order valence-electron chi connectivity index (χ0n) is 17.3. The number of aromatic amines is 1. The second-order valence-electron chi connectivity index (χ2n) is 7.75. The van der Waals surface area contributed by atoms with Crippen molar-refractivity contribution >= 4 is 0 Å². The number of H-pyrrole nitrogens is 1. The van der Waals surface area contributed by atoms with Gasteiger partial charge in [-0.2, -0.15) is 5.26 Å². The summed E-state index contributed by atoms with van der Waals surface area (Å²) in [5.41, 5.74) is 5.53. The Hall–Kier alpha value is -4.15. The molecule has 0 amide bonds. The molecule has 0 fully saturated rings. The minimum atomic E-state index is -0.103. The molecule has 5 rings (SSSR count). The van der Waals surface area contributed by atoms with Gasteiger partial charge in [-0.1, -0.05) is 18.2 Å². The van der Waals surface area contributed by atoms with Gasteiger partial charge in [-0.05, 0) is 36.4 Å². The number of hydrogen-bond donors (Lipinski definition) is 1. The highest BCUT2D eigenvalue weighted by Crippen LogP contribution is 2.21. The maximum absolute atomic E-state index is 12.8. The molecular weight excluding hydrogens is 400 g/mol. The first-order valence-corrected chi connectivity index (χ1v) is 10.4. The maximum Gasteiger partial charge on any atom is 0.255 e. The first-order valence-electron chi connectivity index (χ1n) is 10.4. The molecule has 32 heavy (non-hydrogen) atoms. The third-order valence-corrected chi connectivity index (χ3v) is 5.56. The van der Waals surface area contributed by atoms with Crippen LogP contribution < -0.4 is 5.56 Å². The van der Waals surface area contributed by atoms with Gasteiger partial charge in [-0.3, -0.25) is 19.7 Å². The van der Waals surface area contributed by atoms with E-state index in [1.807, 2.05) is 48.5 Å². The molecule has 0 aliphatic carbocycles. The monoisotopic (exact) mass is 420 g/mol. The van der Waals surface area contributed by atoms with Gasteiger partial charge in [0.05, 0.1) is 34.3 Å². The number of nitriles is 1. The lowest BCUT2D eigenvalue weighted by atomic mass is 10.1. The molecule has 3 aromatic heterocycles. The van der Waals surface area contributed by atoms with E-state index in [1.54, 1.807) is 18.5 Å². The van der Waals surface area contributed by atoms with Gasteiger partial charge in [0, 0.05) is 49.6 Å². The molecule has 1 N–H and O–H groups in total. The predicted octanol–water partition coefficient (Wildman–Crippen LogP) is 3.32. The summed E-state index contributed by atoms with van der Waals surface area (Å²) >= 11 is 0. The highest BCUT2D eigenvalue weighted by atomic mass is 16.1. The third kappa shape index (κ3) is 4.04. The van der Waals surface area contributed by atoms with E-state index in [2.05, 4.69) is 20.9 Å². The van der Waals surface area contributed by atoms with E-state index >= 15 is 0 Å². The SMILES string of the molecule is N#Cc1cccc(-c2cccc(CN3CCc4nc(-c5cccnc5)[nH]c(=O)c4C3)n2)c1. The van der Waals surface area contributed by atoms with Crippen LogP contribution in [-0.4, -0.2) is 31.4 Å². The first kappa shape index (κ1) is 19.8. The number of aromatic nitrogens is 4. The lowest BCUT2D eigenvalue weighted by Crippen LogP contribution is -2.35. The molecule has 0 radical (unpaired) electrons. The summed E-state index contributed by atoms with van der Waals surface area (Å²) in [6, 6.07) is 19.2. The molecule has 1 aliphatic rings. The van der Waals surface area contributed by atoms with Crippen LogP contribution in [0.15, 0.2) is 71.8 Å². The summed E-state index contributed by atoms with van der Waals surface area (Å²) < 4.78 is 0. The van der Waals surface area contributed by atoms with Gasteiger partial charge in [0.15, 0.2) is 0 Å². The van der Waals surface area contributed by atoms with E-state index in [0.717, 1.165) is 34.8 Å². The minimum Gasteiger partial charge on any atom is -0.306 e. The number of nitrogens with zero attached hydrogens (tertiary/aromatic N) is 5. The van der Waals surface area contributed by atoms with Crippen LogP contribution in [0.25, 0.3) is 22.6 Å². The zero-order chi connectivity index (χ0) is 21.9.